The number of hydrogen-bond acceptors (Lipinski definition) is 9. The van der Waals surface area contributed by atoms with Crippen LogP contribution in [0.25, 0.3) is 0 Å². The molecule has 41 heavy (non-hydrogen) atoms. The molecule has 15 heteroatoms. The van der Waals surface area contributed by atoms with Crippen LogP contribution >= 0.6 is 0 Å². The van der Waals surface area contributed by atoms with Crippen molar-refractivity contribution in [2.75, 3.05) is 26.7 Å². The second-order valence-corrected chi connectivity index (χ2v) is 9.39. The minimum Gasteiger partial charge on any atom is -0.534 e. The predicted octanol–water partition coefficient (Wildman–Crippen LogP) is 1.16. The first-order valence-electron chi connectivity index (χ1n) is 12.6. The van der Waals surface area contributed by atoms with Gasteiger partial charge in [0.2, 0.25) is 0 Å². The summed E-state index contributed by atoms with van der Waals surface area (Å²) < 4.78 is 26.3. The Balaban J connectivity index is 1.63. The number of para-hydroxylation sites is 1. The quantitative estimate of drug-likeness (QED) is 0.176. The number of piperazine rings is 1. The number of amides is 4. The number of fused-ring (bicyclic) bond motifs is 1. The SMILES string of the molecule is C=C(NC1Cc2cccc(C(=O)O)c2OB1OC)C(NC(=O)N1CCN(CC)C(=O)C1=O)c1cc(O)c(O)cc1F. The van der Waals surface area contributed by atoms with Gasteiger partial charge < -0.3 is 40.2 Å². The molecule has 216 valence electrons. The number of likely N-dealkylation sites (N-methyl/N-ethyl adjacent to an activating group) is 1. The maximum Gasteiger partial charge on any atom is 0.549 e. The van der Waals surface area contributed by atoms with E-state index in [1.54, 1.807) is 19.1 Å². The summed E-state index contributed by atoms with van der Waals surface area (Å²) >= 11 is 0. The summed E-state index contributed by atoms with van der Waals surface area (Å²) in [5.74, 6) is -6.13. The number of imide groups is 1. The van der Waals surface area contributed by atoms with Crippen LogP contribution < -0.4 is 15.3 Å². The second kappa shape index (κ2) is 11.8. The van der Waals surface area contributed by atoms with E-state index in [0.717, 1.165) is 6.07 Å². The molecule has 2 atom stereocenters. The fourth-order valence-corrected chi connectivity index (χ4v) is 4.75. The first-order valence-corrected chi connectivity index (χ1v) is 12.6. The molecule has 0 radical (unpaired) electrons. The third-order valence-corrected chi connectivity index (χ3v) is 6.89. The van der Waals surface area contributed by atoms with E-state index in [-0.39, 0.29) is 48.6 Å². The predicted molar refractivity (Wildman–Crippen MR) is 142 cm³/mol. The standard InChI is InChI=1S/C26H28BFN4O9/c1-4-31-8-9-32(24(36)23(31)35)26(39)30-21(16-11-18(33)19(34)12-17(16)28)13(2)29-20-10-14-6-5-7-15(25(37)38)22(14)41-27(20)40-3/h5-7,11-12,20-21,29,33-34H,2,4,8-10H2,1,3H3,(H,30,39)(H,37,38). The Morgan fingerprint density at radius 3 is 2.59 bits per heavy atom. The van der Waals surface area contributed by atoms with Crippen molar-refractivity contribution in [1.82, 2.24) is 20.4 Å². The number of phenolic OH excluding ortho intramolecular Hbond substituents is 2. The molecular weight excluding hydrogens is 542 g/mol. The third kappa shape index (κ3) is 5.75. The minimum absolute atomic E-state index is 0.0261. The van der Waals surface area contributed by atoms with Crippen molar-refractivity contribution >= 4 is 30.9 Å². The van der Waals surface area contributed by atoms with Gasteiger partial charge in [-0.15, -0.1) is 0 Å². The monoisotopic (exact) mass is 570 g/mol. The summed E-state index contributed by atoms with van der Waals surface area (Å²) in [6.07, 6.45) is 0.184. The lowest BCUT2D eigenvalue weighted by Gasteiger charge is -2.35. The van der Waals surface area contributed by atoms with Gasteiger partial charge in [-0.05, 0) is 31.0 Å². The fraction of sp³-hybridized carbons (Fsp3) is 0.308. The number of nitrogens with one attached hydrogen (secondary N) is 2. The first-order chi connectivity index (χ1) is 19.5. The molecule has 2 unspecified atom stereocenters. The number of rotatable bonds is 8. The molecule has 1 fully saturated rings. The topological polar surface area (TPSA) is 178 Å². The van der Waals surface area contributed by atoms with E-state index in [0.29, 0.717) is 16.5 Å². The van der Waals surface area contributed by atoms with Crippen LogP contribution in [0.1, 0.15) is 34.5 Å². The van der Waals surface area contributed by atoms with E-state index in [1.807, 2.05) is 0 Å². The number of nitrogens with zero attached hydrogens (tertiary/aromatic N) is 2. The summed E-state index contributed by atoms with van der Waals surface area (Å²) in [7, 11) is 0.307. The lowest BCUT2D eigenvalue weighted by Crippen LogP contribution is -2.59. The van der Waals surface area contributed by atoms with Gasteiger partial charge in [0.05, 0.1) is 17.5 Å². The molecule has 4 rings (SSSR count). The van der Waals surface area contributed by atoms with Crippen LogP contribution in [0.5, 0.6) is 17.2 Å². The molecule has 4 amide bonds. The molecule has 2 aliphatic heterocycles. The van der Waals surface area contributed by atoms with E-state index in [9.17, 15) is 34.5 Å². The number of benzene rings is 2. The smallest absolute Gasteiger partial charge is 0.534 e. The highest BCUT2D eigenvalue weighted by atomic mass is 19.1. The highest BCUT2D eigenvalue weighted by Crippen LogP contribution is 2.34. The van der Waals surface area contributed by atoms with Crippen molar-refractivity contribution in [3.05, 3.63) is 65.1 Å². The zero-order valence-electron chi connectivity index (χ0n) is 22.2. The van der Waals surface area contributed by atoms with E-state index < -0.39 is 60.2 Å². The minimum atomic E-state index is -1.43. The normalized spacial score (nSPS) is 17.4. The first kappa shape index (κ1) is 29.2. The lowest BCUT2D eigenvalue weighted by atomic mass is 9.71. The number of carbonyl (C=O) groups excluding carboxylic acids is 3. The van der Waals surface area contributed by atoms with E-state index >= 15 is 4.39 Å². The van der Waals surface area contributed by atoms with Crippen LogP contribution in [0.4, 0.5) is 9.18 Å². The van der Waals surface area contributed by atoms with Crippen molar-refractivity contribution in [1.29, 1.82) is 0 Å². The van der Waals surface area contributed by atoms with Gasteiger partial charge >= 0.3 is 30.9 Å². The van der Waals surface area contributed by atoms with Gasteiger partial charge in [-0.1, -0.05) is 18.7 Å². The van der Waals surface area contributed by atoms with Crippen molar-refractivity contribution in [2.24, 2.45) is 0 Å². The van der Waals surface area contributed by atoms with Crippen LogP contribution in [0.2, 0.25) is 0 Å². The van der Waals surface area contributed by atoms with Crippen LogP contribution in [-0.4, -0.2) is 88.7 Å². The summed E-state index contributed by atoms with van der Waals surface area (Å²) in [4.78, 5) is 51.7. The Labute approximate surface area is 234 Å². The van der Waals surface area contributed by atoms with Crippen molar-refractivity contribution in [3.8, 4) is 17.2 Å². The van der Waals surface area contributed by atoms with Gasteiger partial charge in [-0.25, -0.2) is 14.0 Å². The van der Waals surface area contributed by atoms with Gasteiger partial charge in [-0.3, -0.25) is 14.5 Å². The van der Waals surface area contributed by atoms with E-state index in [4.69, 9.17) is 9.31 Å². The largest absolute Gasteiger partial charge is 0.549 e. The summed E-state index contributed by atoms with van der Waals surface area (Å²) in [6, 6.07) is 3.71. The van der Waals surface area contributed by atoms with Gasteiger partial charge in [0.15, 0.2) is 11.5 Å². The molecule has 2 heterocycles. The Bertz CT molecular complexity index is 1420. The lowest BCUT2D eigenvalue weighted by molar-refractivity contribution is -0.153. The van der Waals surface area contributed by atoms with Gasteiger partial charge in [-0.2, -0.15) is 0 Å². The van der Waals surface area contributed by atoms with Gasteiger partial charge in [0.25, 0.3) is 0 Å². The Morgan fingerprint density at radius 2 is 1.93 bits per heavy atom. The van der Waals surface area contributed by atoms with Crippen LogP contribution in [0.3, 0.4) is 0 Å². The average molecular weight is 570 g/mol. The molecule has 13 nitrogen and oxygen atoms in total. The molecule has 0 aromatic heterocycles. The molecular formula is C26H28BFN4O9. The van der Waals surface area contributed by atoms with Crippen LogP contribution in [-0.2, 0) is 20.7 Å². The second-order valence-electron chi connectivity index (χ2n) is 9.39. The number of aromatic hydroxyl groups is 2. The number of aromatic carboxylic acids is 1. The molecule has 2 aliphatic rings. The maximum atomic E-state index is 15.1. The number of carbonyl (C=O) groups is 4. The van der Waals surface area contributed by atoms with Crippen LogP contribution in [0.15, 0.2) is 42.6 Å². The Morgan fingerprint density at radius 1 is 1.22 bits per heavy atom. The fourth-order valence-electron chi connectivity index (χ4n) is 4.75. The zero-order chi connectivity index (χ0) is 30.0. The van der Waals surface area contributed by atoms with Crippen molar-refractivity contribution in [3.63, 3.8) is 0 Å². The number of phenols is 2. The summed E-state index contributed by atoms with van der Waals surface area (Å²) in [5.41, 5.74) is 0.143. The van der Waals surface area contributed by atoms with Crippen molar-refractivity contribution in [2.45, 2.75) is 25.3 Å². The van der Waals surface area contributed by atoms with Crippen molar-refractivity contribution < 1.29 is 48.2 Å². The number of carboxylic acid groups (broad SMARTS) is 1. The Hall–Kier alpha value is -4.79. The highest BCUT2D eigenvalue weighted by Gasteiger charge is 2.41. The highest BCUT2D eigenvalue weighted by molar-refractivity contribution is 6.48. The Kier molecular flexibility index (Phi) is 8.37. The van der Waals surface area contributed by atoms with E-state index in [2.05, 4.69) is 17.2 Å². The maximum absolute atomic E-state index is 15.1. The summed E-state index contributed by atoms with van der Waals surface area (Å²) in [5, 5.41) is 34.8. The molecule has 1 saturated heterocycles. The molecule has 0 aliphatic carbocycles. The molecule has 0 spiro atoms. The average Bonchev–Trinajstić information content (AvgIpc) is 2.94. The number of carboxylic acids is 1. The number of urea groups is 1. The third-order valence-electron chi connectivity index (χ3n) is 6.89. The van der Waals surface area contributed by atoms with E-state index in [1.165, 1.54) is 18.1 Å². The number of hydrogen-bond donors (Lipinski definition) is 5. The molecule has 0 bridgehead atoms. The molecule has 0 saturated carbocycles. The summed E-state index contributed by atoms with van der Waals surface area (Å²) in [6.45, 7) is 5.90. The number of halogens is 1. The molecule has 2 aromatic carbocycles. The van der Waals surface area contributed by atoms with Gasteiger partial charge in [0, 0.05) is 44.1 Å². The molecule has 5 N–H and O–H groups in total. The molecule has 2 aromatic rings. The van der Waals surface area contributed by atoms with Crippen LogP contribution in [0, 0.1) is 5.82 Å². The van der Waals surface area contributed by atoms with Gasteiger partial charge in [0.1, 0.15) is 11.6 Å². The zero-order valence-corrected chi connectivity index (χ0v) is 22.2.